The van der Waals surface area contributed by atoms with E-state index in [0.29, 0.717) is 0 Å². The molecule has 272 valence electrons. The Hall–Kier alpha value is -7.26. The van der Waals surface area contributed by atoms with Gasteiger partial charge in [-0.1, -0.05) is 200 Å². The van der Waals surface area contributed by atoms with Gasteiger partial charge < -0.3 is 4.90 Å². The summed E-state index contributed by atoms with van der Waals surface area (Å²) in [6.07, 6.45) is 0. The largest absolute Gasteiger partial charge is 0.308 e. The van der Waals surface area contributed by atoms with Gasteiger partial charge in [-0.15, -0.1) is 11.3 Å². The maximum Gasteiger partial charge on any atom is 0.0640 e. The second-order valence-electron chi connectivity index (χ2n) is 14.8. The molecule has 0 radical (unpaired) electrons. The normalized spacial score (nSPS) is 11.4. The molecule has 1 aromatic heterocycles. The fourth-order valence-electron chi connectivity index (χ4n) is 8.69. The predicted molar refractivity (Wildman–Crippen MR) is 251 cm³/mol. The molecule has 0 atom stereocenters. The smallest absolute Gasteiger partial charge is 0.0640 e. The van der Waals surface area contributed by atoms with Crippen LogP contribution in [0.25, 0.3) is 86.2 Å². The molecule has 0 N–H and O–H groups in total. The van der Waals surface area contributed by atoms with Gasteiger partial charge in [-0.25, -0.2) is 0 Å². The van der Waals surface area contributed by atoms with E-state index in [0.717, 1.165) is 5.69 Å². The van der Waals surface area contributed by atoms with E-state index in [-0.39, 0.29) is 0 Å². The van der Waals surface area contributed by atoms with Crippen LogP contribution in [0.3, 0.4) is 0 Å². The monoisotopic (exact) mass is 755 g/mol. The van der Waals surface area contributed by atoms with E-state index in [9.17, 15) is 0 Å². The molecule has 1 heterocycles. The Morgan fingerprint density at radius 2 is 0.690 bits per heavy atom. The molecule has 0 saturated carbocycles. The molecule has 1 nitrogen and oxygen atoms in total. The number of benzene rings is 10. The summed E-state index contributed by atoms with van der Waals surface area (Å²) in [6, 6.07) is 82.0. The average molecular weight is 756 g/mol. The summed E-state index contributed by atoms with van der Waals surface area (Å²) in [5.74, 6) is 0. The molecule has 10 aromatic carbocycles. The Bertz CT molecular complexity index is 3240. The van der Waals surface area contributed by atoms with Gasteiger partial charge in [-0.2, -0.15) is 0 Å². The summed E-state index contributed by atoms with van der Waals surface area (Å²) in [5, 5.41) is 7.49. The number of hydrogen-bond donors (Lipinski definition) is 0. The highest BCUT2D eigenvalue weighted by molar-refractivity contribution is 7.26. The zero-order valence-electron chi connectivity index (χ0n) is 31.7. The van der Waals surface area contributed by atoms with Crippen molar-refractivity contribution >= 4 is 70.1 Å². The first-order chi connectivity index (χ1) is 28.8. The van der Waals surface area contributed by atoms with Crippen molar-refractivity contribution in [3.05, 3.63) is 224 Å². The van der Waals surface area contributed by atoms with Gasteiger partial charge in [0.1, 0.15) is 0 Å². The number of hydrogen-bond acceptors (Lipinski definition) is 2. The van der Waals surface area contributed by atoms with Crippen LogP contribution in [0, 0.1) is 0 Å². The van der Waals surface area contributed by atoms with Crippen LogP contribution in [-0.2, 0) is 0 Å². The van der Waals surface area contributed by atoms with E-state index in [2.05, 4.69) is 229 Å². The summed E-state index contributed by atoms with van der Waals surface area (Å²) < 4.78 is 2.56. The van der Waals surface area contributed by atoms with E-state index in [1.165, 1.54) is 97.6 Å². The van der Waals surface area contributed by atoms with Gasteiger partial charge in [0.05, 0.1) is 16.1 Å². The molecular weight excluding hydrogens is 719 g/mol. The van der Waals surface area contributed by atoms with Crippen molar-refractivity contribution in [2.24, 2.45) is 0 Å². The second-order valence-corrected chi connectivity index (χ2v) is 15.9. The summed E-state index contributed by atoms with van der Waals surface area (Å²) in [5.41, 5.74) is 13.1. The molecule has 0 aliphatic carbocycles. The van der Waals surface area contributed by atoms with Crippen LogP contribution in [0.4, 0.5) is 17.1 Å². The van der Waals surface area contributed by atoms with Gasteiger partial charge in [0.25, 0.3) is 0 Å². The third-order valence-corrected chi connectivity index (χ3v) is 12.7. The van der Waals surface area contributed by atoms with Crippen molar-refractivity contribution in [3.63, 3.8) is 0 Å². The van der Waals surface area contributed by atoms with E-state index < -0.39 is 0 Å². The molecule has 0 bridgehead atoms. The fraction of sp³-hybridized carbons (Fsp3) is 0. The Labute approximate surface area is 342 Å². The van der Waals surface area contributed by atoms with Crippen LogP contribution in [0.15, 0.2) is 224 Å². The molecule has 0 unspecified atom stereocenters. The lowest BCUT2D eigenvalue weighted by Crippen LogP contribution is -2.12. The van der Waals surface area contributed by atoms with Crippen molar-refractivity contribution in [1.29, 1.82) is 0 Å². The standard InChI is InChI=1S/C56H37NS/c1-3-14-38(15-4-1)40-26-28-42(29-27-40)43-34-36-45(37-35-43)57(52-24-13-23-51-48-20-11-12-25-53(48)58-56(51)52)55-50-22-10-8-19-47(50)46-18-7-9-21-49(46)54(55)44-32-30-41(31-33-44)39-16-5-2-6-17-39/h1-37H. The van der Waals surface area contributed by atoms with Gasteiger partial charge in [0.15, 0.2) is 0 Å². The number of nitrogens with zero attached hydrogens (tertiary/aromatic N) is 1. The third-order valence-electron chi connectivity index (χ3n) is 11.5. The highest BCUT2D eigenvalue weighted by Gasteiger charge is 2.25. The molecule has 2 heteroatoms. The van der Waals surface area contributed by atoms with E-state index in [1.54, 1.807) is 0 Å². The molecule has 0 amide bonds. The summed E-state index contributed by atoms with van der Waals surface area (Å²) >= 11 is 1.87. The molecule has 0 aliphatic heterocycles. The number of fused-ring (bicyclic) bond motifs is 6. The van der Waals surface area contributed by atoms with Gasteiger partial charge >= 0.3 is 0 Å². The number of anilines is 3. The van der Waals surface area contributed by atoms with E-state index in [1.807, 2.05) is 11.3 Å². The lowest BCUT2D eigenvalue weighted by Gasteiger charge is -2.31. The maximum atomic E-state index is 2.54. The minimum Gasteiger partial charge on any atom is -0.308 e. The zero-order chi connectivity index (χ0) is 38.4. The predicted octanol–water partition coefficient (Wildman–Crippen LogP) is 16.5. The van der Waals surface area contributed by atoms with Crippen LogP contribution in [-0.4, -0.2) is 0 Å². The van der Waals surface area contributed by atoms with Crippen LogP contribution in [0.5, 0.6) is 0 Å². The highest BCUT2D eigenvalue weighted by atomic mass is 32.1. The topological polar surface area (TPSA) is 3.24 Å². The lowest BCUT2D eigenvalue weighted by molar-refractivity contribution is 1.32. The lowest BCUT2D eigenvalue weighted by atomic mass is 9.89. The van der Waals surface area contributed by atoms with Crippen LogP contribution >= 0.6 is 11.3 Å². The fourth-order valence-corrected chi connectivity index (χ4v) is 9.90. The molecule has 0 fully saturated rings. The molecule has 58 heavy (non-hydrogen) atoms. The second kappa shape index (κ2) is 14.4. The first-order valence-corrected chi connectivity index (χ1v) is 20.7. The maximum absolute atomic E-state index is 2.54. The zero-order valence-corrected chi connectivity index (χ0v) is 32.5. The van der Waals surface area contributed by atoms with Gasteiger partial charge in [0, 0.05) is 32.1 Å². The molecule has 0 spiro atoms. The minimum absolute atomic E-state index is 1.11. The number of thiophene rings is 1. The quantitative estimate of drug-likeness (QED) is 0.146. The molecule has 0 aliphatic rings. The molecule has 0 saturated heterocycles. The van der Waals surface area contributed by atoms with Crippen molar-refractivity contribution < 1.29 is 0 Å². The molecule has 11 aromatic rings. The van der Waals surface area contributed by atoms with Gasteiger partial charge in [-0.05, 0) is 79.4 Å². The minimum atomic E-state index is 1.11. The van der Waals surface area contributed by atoms with Crippen molar-refractivity contribution in [2.75, 3.05) is 4.90 Å². The Morgan fingerprint density at radius 1 is 0.276 bits per heavy atom. The molecular formula is C56H37NS. The van der Waals surface area contributed by atoms with Crippen molar-refractivity contribution in [2.45, 2.75) is 0 Å². The summed E-state index contributed by atoms with van der Waals surface area (Å²) in [7, 11) is 0. The van der Waals surface area contributed by atoms with Crippen LogP contribution < -0.4 is 4.90 Å². The third kappa shape index (κ3) is 5.86. The number of rotatable bonds is 7. The molecule has 11 rings (SSSR count). The Morgan fingerprint density at radius 3 is 1.28 bits per heavy atom. The average Bonchev–Trinajstić information content (AvgIpc) is 3.70. The van der Waals surface area contributed by atoms with Gasteiger partial charge in [0.2, 0.25) is 0 Å². The Balaban J connectivity index is 1.16. The first-order valence-electron chi connectivity index (χ1n) is 19.8. The SMILES string of the molecule is c1ccc(-c2ccc(-c3ccc(N(c4c(-c5ccc(-c6ccccc6)cc5)c5ccccc5c5ccccc45)c4cccc5c4sc4ccccc45)cc3)cc2)cc1. The Kier molecular flexibility index (Phi) is 8.42. The van der Waals surface area contributed by atoms with E-state index in [4.69, 9.17) is 0 Å². The summed E-state index contributed by atoms with van der Waals surface area (Å²) in [6.45, 7) is 0. The first kappa shape index (κ1) is 34.0. The highest BCUT2D eigenvalue weighted by Crippen LogP contribution is 2.52. The van der Waals surface area contributed by atoms with E-state index >= 15 is 0 Å². The van der Waals surface area contributed by atoms with Crippen molar-refractivity contribution in [1.82, 2.24) is 0 Å². The van der Waals surface area contributed by atoms with Crippen LogP contribution in [0.2, 0.25) is 0 Å². The van der Waals surface area contributed by atoms with Crippen LogP contribution in [0.1, 0.15) is 0 Å². The van der Waals surface area contributed by atoms with Crippen molar-refractivity contribution in [3.8, 4) is 44.5 Å². The van der Waals surface area contributed by atoms with Gasteiger partial charge in [-0.3, -0.25) is 0 Å². The summed E-state index contributed by atoms with van der Waals surface area (Å²) in [4.78, 5) is 2.54.